The molecule has 5 N–H and O–H groups in total. The highest BCUT2D eigenvalue weighted by Gasteiger charge is 2.18. The molecular weight excluding hydrogens is 398 g/mol. The Kier molecular flexibility index (Phi) is 8.19. The van der Waals surface area contributed by atoms with E-state index in [0.717, 1.165) is 5.56 Å². The summed E-state index contributed by atoms with van der Waals surface area (Å²) in [6.07, 6.45) is 0. The highest BCUT2D eigenvalue weighted by atomic mass is 35.5. The molecule has 8 heteroatoms. The number of nitrogens with one attached hydrogen (secondary N) is 1. The Morgan fingerprint density at radius 3 is 2.11 bits per heavy atom. The molecule has 0 aliphatic carbocycles. The van der Waals surface area contributed by atoms with E-state index in [1.807, 2.05) is 24.3 Å². The zero-order chi connectivity index (χ0) is 20.4. The van der Waals surface area contributed by atoms with Gasteiger partial charge in [-0.3, -0.25) is 4.79 Å². The molecule has 1 amide bonds. The lowest BCUT2D eigenvalue weighted by Crippen LogP contribution is -2.32. The number of primary sulfonamides is 1. The van der Waals surface area contributed by atoms with Crippen LogP contribution in [-0.4, -0.2) is 20.9 Å². The van der Waals surface area contributed by atoms with Gasteiger partial charge in [0.05, 0.1) is 4.90 Å². The fourth-order valence-corrected chi connectivity index (χ4v) is 3.68. The summed E-state index contributed by atoms with van der Waals surface area (Å²) in [4.78, 5) is 12.4. The molecule has 0 aliphatic rings. The molecule has 1 unspecified atom stereocenters. The van der Waals surface area contributed by atoms with Crippen LogP contribution in [0.3, 0.4) is 0 Å². The molecule has 6 nitrogen and oxygen atoms in total. The molecule has 2 aromatic carbocycles. The fourth-order valence-electron chi connectivity index (χ4n) is 2.80. The Hall–Kier alpha value is -1.93. The Balaban J connectivity index is 0.00000392. The summed E-state index contributed by atoms with van der Waals surface area (Å²) in [6.45, 7) is 7.87. The summed E-state index contributed by atoms with van der Waals surface area (Å²) in [5.41, 5.74) is 9.77. The number of aryl methyl sites for hydroxylation is 1. The molecular formula is C20H28ClN3O3S. The normalized spacial score (nSPS) is 12.4. The van der Waals surface area contributed by atoms with Crippen LogP contribution < -0.4 is 16.2 Å². The number of sulfonamides is 1. The Labute approximate surface area is 173 Å². The quantitative estimate of drug-likeness (QED) is 0.659. The number of rotatable bonds is 6. The summed E-state index contributed by atoms with van der Waals surface area (Å²) in [5.74, 6) is 0.0463. The summed E-state index contributed by atoms with van der Waals surface area (Å²) < 4.78 is 23.5. The Morgan fingerprint density at radius 1 is 1.07 bits per heavy atom. The van der Waals surface area contributed by atoms with E-state index >= 15 is 0 Å². The highest BCUT2D eigenvalue weighted by molar-refractivity contribution is 7.89. The average molecular weight is 426 g/mol. The fraction of sp³-hybridized carbons (Fsp3) is 0.350. The van der Waals surface area contributed by atoms with Gasteiger partial charge in [0, 0.05) is 18.2 Å². The zero-order valence-corrected chi connectivity index (χ0v) is 18.2. The minimum atomic E-state index is -3.90. The van der Waals surface area contributed by atoms with Crippen LogP contribution in [0.25, 0.3) is 0 Å². The molecule has 0 heterocycles. The lowest BCUT2D eigenvalue weighted by atomic mass is 9.99. The number of halogens is 1. The zero-order valence-electron chi connectivity index (χ0n) is 16.5. The van der Waals surface area contributed by atoms with Crippen molar-refractivity contribution in [1.29, 1.82) is 0 Å². The molecule has 0 saturated heterocycles. The maximum absolute atomic E-state index is 12.5. The van der Waals surface area contributed by atoms with E-state index in [0.29, 0.717) is 17.0 Å². The van der Waals surface area contributed by atoms with E-state index in [4.69, 9.17) is 10.9 Å². The molecule has 0 aliphatic heterocycles. The molecule has 0 bridgehead atoms. The topological polar surface area (TPSA) is 115 Å². The van der Waals surface area contributed by atoms with Gasteiger partial charge in [0.2, 0.25) is 10.0 Å². The molecule has 28 heavy (non-hydrogen) atoms. The van der Waals surface area contributed by atoms with Gasteiger partial charge in [0.1, 0.15) is 0 Å². The third-order valence-electron chi connectivity index (χ3n) is 4.70. The SMILES string of the molecule is Cc1cc(C(=O)NCC(N)c2ccc(C(C)C)cc2)cc(S(N)(=O)=O)c1C.Cl. The van der Waals surface area contributed by atoms with Gasteiger partial charge in [0.15, 0.2) is 0 Å². The van der Waals surface area contributed by atoms with Crippen LogP contribution >= 0.6 is 12.4 Å². The van der Waals surface area contributed by atoms with E-state index in [9.17, 15) is 13.2 Å². The van der Waals surface area contributed by atoms with Crippen molar-refractivity contribution in [2.75, 3.05) is 6.54 Å². The molecule has 0 aromatic heterocycles. The van der Waals surface area contributed by atoms with Crippen LogP contribution in [0.1, 0.15) is 58.4 Å². The van der Waals surface area contributed by atoms with Crippen LogP contribution in [0.2, 0.25) is 0 Å². The largest absolute Gasteiger partial charge is 0.350 e. The van der Waals surface area contributed by atoms with Gasteiger partial charge >= 0.3 is 0 Å². The van der Waals surface area contributed by atoms with Gasteiger partial charge < -0.3 is 11.1 Å². The van der Waals surface area contributed by atoms with Crippen molar-refractivity contribution in [3.63, 3.8) is 0 Å². The second-order valence-electron chi connectivity index (χ2n) is 7.10. The lowest BCUT2D eigenvalue weighted by Gasteiger charge is -2.15. The van der Waals surface area contributed by atoms with Crippen molar-refractivity contribution < 1.29 is 13.2 Å². The van der Waals surface area contributed by atoms with E-state index < -0.39 is 15.9 Å². The molecule has 0 spiro atoms. The number of benzene rings is 2. The minimum absolute atomic E-state index is 0. The number of hydrogen-bond acceptors (Lipinski definition) is 4. The smallest absolute Gasteiger partial charge is 0.251 e. The minimum Gasteiger partial charge on any atom is -0.350 e. The first-order chi connectivity index (χ1) is 12.5. The van der Waals surface area contributed by atoms with E-state index in [1.54, 1.807) is 19.9 Å². The van der Waals surface area contributed by atoms with Crippen molar-refractivity contribution in [3.05, 3.63) is 64.2 Å². The second kappa shape index (κ2) is 9.52. The summed E-state index contributed by atoms with van der Waals surface area (Å²) in [7, 11) is -3.90. The number of amides is 1. The van der Waals surface area contributed by atoms with Crippen LogP contribution in [0.15, 0.2) is 41.3 Å². The van der Waals surface area contributed by atoms with Crippen molar-refractivity contribution in [2.45, 2.75) is 44.6 Å². The maximum Gasteiger partial charge on any atom is 0.251 e. The number of hydrogen-bond donors (Lipinski definition) is 3. The molecule has 154 valence electrons. The van der Waals surface area contributed by atoms with Crippen LogP contribution in [0.5, 0.6) is 0 Å². The molecule has 0 radical (unpaired) electrons. The molecule has 2 rings (SSSR count). The van der Waals surface area contributed by atoms with Gasteiger partial charge in [-0.2, -0.15) is 0 Å². The van der Waals surface area contributed by atoms with Gasteiger partial charge in [0.25, 0.3) is 5.91 Å². The van der Waals surface area contributed by atoms with Crippen molar-refractivity contribution >= 4 is 28.3 Å². The van der Waals surface area contributed by atoms with E-state index in [-0.39, 0.29) is 35.5 Å². The predicted molar refractivity (Wildman–Crippen MR) is 114 cm³/mol. The molecule has 0 fully saturated rings. The van der Waals surface area contributed by atoms with Crippen LogP contribution in [0, 0.1) is 13.8 Å². The van der Waals surface area contributed by atoms with Crippen LogP contribution in [-0.2, 0) is 10.0 Å². The van der Waals surface area contributed by atoms with Gasteiger partial charge in [-0.25, -0.2) is 13.6 Å². The number of carbonyl (C=O) groups excluding carboxylic acids is 1. The first kappa shape index (κ1) is 24.1. The van der Waals surface area contributed by atoms with Crippen molar-refractivity contribution in [2.24, 2.45) is 10.9 Å². The second-order valence-corrected chi connectivity index (χ2v) is 8.63. The maximum atomic E-state index is 12.5. The Morgan fingerprint density at radius 2 is 1.61 bits per heavy atom. The monoisotopic (exact) mass is 425 g/mol. The van der Waals surface area contributed by atoms with Gasteiger partial charge in [-0.15, -0.1) is 12.4 Å². The van der Waals surface area contributed by atoms with E-state index in [1.165, 1.54) is 11.6 Å². The number of carbonyl (C=O) groups is 1. The van der Waals surface area contributed by atoms with Crippen molar-refractivity contribution in [3.8, 4) is 0 Å². The molecule has 0 saturated carbocycles. The first-order valence-corrected chi connectivity index (χ1v) is 10.3. The van der Waals surface area contributed by atoms with Crippen LogP contribution in [0.4, 0.5) is 0 Å². The van der Waals surface area contributed by atoms with Gasteiger partial charge in [-0.05, 0) is 54.2 Å². The predicted octanol–water partition coefficient (Wildman–Crippen LogP) is 2.93. The lowest BCUT2D eigenvalue weighted by molar-refractivity contribution is 0.0951. The summed E-state index contributed by atoms with van der Waals surface area (Å²) in [5, 5.41) is 8.01. The summed E-state index contributed by atoms with van der Waals surface area (Å²) >= 11 is 0. The standard InChI is InChI=1S/C20H27N3O3S.ClH/c1-12(2)15-5-7-16(8-6-15)18(21)11-23-20(24)17-9-13(3)14(4)19(10-17)27(22,25)26;/h5-10,12,18H,11,21H2,1-4H3,(H,23,24)(H2,22,25,26);1H. The van der Waals surface area contributed by atoms with Gasteiger partial charge in [-0.1, -0.05) is 38.1 Å². The third kappa shape index (κ3) is 5.78. The molecule has 1 atom stereocenters. The summed E-state index contributed by atoms with van der Waals surface area (Å²) in [6, 6.07) is 10.6. The number of nitrogens with two attached hydrogens (primary N) is 2. The first-order valence-electron chi connectivity index (χ1n) is 8.78. The average Bonchev–Trinajstić information content (AvgIpc) is 2.60. The Bertz CT molecular complexity index is 942. The van der Waals surface area contributed by atoms with Crippen molar-refractivity contribution in [1.82, 2.24) is 5.32 Å². The third-order valence-corrected chi connectivity index (χ3v) is 5.74. The highest BCUT2D eigenvalue weighted by Crippen LogP contribution is 2.21. The van der Waals surface area contributed by atoms with E-state index in [2.05, 4.69) is 19.2 Å². The molecule has 2 aromatic rings.